The molecule has 2 aromatic heterocycles. The number of nitrogens with one attached hydrogen (secondary N) is 1. The van der Waals surface area contributed by atoms with Gasteiger partial charge in [-0.1, -0.05) is 18.2 Å². The second kappa shape index (κ2) is 9.02. The highest BCUT2D eigenvalue weighted by atomic mass is 16.5. The summed E-state index contributed by atoms with van der Waals surface area (Å²) in [6, 6.07) is 11.4. The van der Waals surface area contributed by atoms with Crippen LogP contribution in [0.25, 0.3) is 10.9 Å². The van der Waals surface area contributed by atoms with Crippen LogP contribution in [0.2, 0.25) is 0 Å². The number of amides is 1. The molecule has 3 aromatic rings. The molecule has 0 spiro atoms. The predicted molar refractivity (Wildman–Crippen MR) is 116 cm³/mol. The fraction of sp³-hybridized carbons (Fsp3) is 0.364. The average molecular weight is 420 g/mol. The quantitative estimate of drug-likeness (QED) is 0.611. The Kier molecular flexibility index (Phi) is 6.00. The summed E-state index contributed by atoms with van der Waals surface area (Å²) < 4.78 is 12.8. The van der Waals surface area contributed by atoms with Crippen LogP contribution in [0.1, 0.15) is 28.2 Å². The van der Waals surface area contributed by atoms with Crippen LogP contribution in [0.15, 0.2) is 30.3 Å². The van der Waals surface area contributed by atoms with Gasteiger partial charge >= 0.3 is 0 Å². The van der Waals surface area contributed by atoms with Crippen molar-refractivity contribution < 1.29 is 14.3 Å². The van der Waals surface area contributed by atoms with Crippen LogP contribution in [-0.4, -0.2) is 53.5 Å². The van der Waals surface area contributed by atoms with E-state index < -0.39 is 0 Å². The average Bonchev–Trinajstić information content (AvgIpc) is 3.04. The van der Waals surface area contributed by atoms with Gasteiger partial charge in [0.1, 0.15) is 12.3 Å². The molecule has 9 nitrogen and oxygen atoms in total. The monoisotopic (exact) mass is 420 g/mol. The third-order valence-electron chi connectivity index (χ3n) is 5.32. The van der Waals surface area contributed by atoms with Crippen LogP contribution < -0.4 is 15.1 Å². The van der Waals surface area contributed by atoms with Gasteiger partial charge in [0.2, 0.25) is 11.8 Å². The first-order valence-corrected chi connectivity index (χ1v) is 10.2. The van der Waals surface area contributed by atoms with Crippen molar-refractivity contribution in [3.8, 4) is 11.9 Å². The number of hydrogen-bond donors (Lipinski definition) is 1. The number of anilines is 1. The molecule has 0 aliphatic carbocycles. The number of carbonyl (C=O) groups excluding carboxylic acids is 1. The van der Waals surface area contributed by atoms with E-state index in [2.05, 4.69) is 15.4 Å². The largest absolute Gasteiger partial charge is 0.476 e. The Hall–Kier alpha value is -3.64. The molecule has 1 aliphatic heterocycles. The van der Waals surface area contributed by atoms with E-state index in [0.29, 0.717) is 32.3 Å². The third kappa shape index (κ3) is 4.29. The first-order valence-electron chi connectivity index (χ1n) is 10.2. The summed E-state index contributed by atoms with van der Waals surface area (Å²) in [5.74, 6) is 0.307. The van der Waals surface area contributed by atoms with Crippen molar-refractivity contribution >= 4 is 22.8 Å². The summed E-state index contributed by atoms with van der Waals surface area (Å²) >= 11 is 0. The number of hydrogen-bond acceptors (Lipinski definition) is 7. The van der Waals surface area contributed by atoms with Gasteiger partial charge in [-0.05, 0) is 25.5 Å². The molecule has 9 heteroatoms. The molecule has 1 amide bonds. The standard InChI is InChI=1S/C22H24N6O3/c1-15-16(2)28(19-7-4-3-6-17(15)19)26-21(29)18-14-20(31-11-5-8-23)25-22(24-18)27-9-12-30-13-10-27/h3-4,6-7,14H,5,9-13H2,1-2H3,(H,26,29). The van der Waals surface area contributed by atoms with E-state index in [0.717, 1.165) is 22.2 Å². The van der Waals surface area contributed by atoms with Crippen LogP contribution in [0.5, 0.6) is 5.88 Å². The highest BCUT2D eigenvalue weighted by Gasteiger charge is 2.20. The number of aryl methyl sites for hydroxylation is 1. The van der Waals surface area contributed by atoms with E-state index in [1.165, 1.54) is 6.07 Å². The fourth-order valence-electron chi connectivity index (χ4n) is 3.54. The Labute approximate surface area is 180 Å². The van der Waals surface area contributed by atoms with E-state index in [-0.39, 0.29) is 30.5 Å². The lowest BCUT2D eigenvalue weighted by Crippen LogP contribution is -2.38. The molecule has 0 unspecified atom stereocenters. The van der Waals surface area contributed by atoms with Crippen molar-refractivity contribution in [3.05, 3.63) is 47.3 Å². The highest BCUT2D eigenvalue weighted by Crippen LogP contribution is 2.24. The van der Waals surface area contributed by atoms with Crippen molar-refractivity contribution in [2.24, 2.45) is 0 Å². The Balaban J connectivity index is 1.66. The maximum absolute atomic E-state index is 13.2. The zero-order valence-electron chi connectivity index (χ0n) is 17.6. The molecule has 160 valence electrons. The predicted octanol–water partition coefficient (Wildman–Crippen LogP) is 2.56. The van der Waals surface area contributed by atoms with Gasteiger partial charge in [0.05, 0.1) is 31.2 Å². The zero-order valence-corrected chi connectivity index (χ0v) is 17.6. The number of nitrogens with zero attached hydrogens (tertiary/aromatic N) is 5. The molecule has 4 rings (SSSR count). The molecular formula is C22H24N6O3. The maximum Gasteiger partial charge on any atom is 0.289 e. The number of rotatable bonds is 6. The second-order valence-electron chi connectivity index (χ2n) is 7.25. The van der Waals surface area contributed by atoms with Gasteiger partial charge in [-0.25, -0.2) is 4.98 Å². The van der Waals surface area contributed by atoms with E-state index in [9.17, 15) is 4.79 Å². The summed E-state index contributed by atoms with van der Waals surface area (Å²) in [4.78, 5) is 24.0. The maximum atomic E-state index is 13.2. The molecule has 0 bridgehead atoms. The first kappa shape index (κ1) is 20.6. The van der Waals surface area contributed by atoms with Gasteiger partial charge in [0.15, 0.2) is 0 Å². The molecule has 1 saturated heterocycles. The SMILES string of the molecule is Cc1c(C)n(NC(=O)c2cc(OCCC#N)nc(N3CCOCC3)n2)c2ccccc12. The number of fused-ring (bicyclic) bond motifs is 1. The normalized spacial score (nSPS) is 13.8. The van der Waals surface area contributed by atoms with E-state index >= 15 is 0 Å². The van der Waals surface area contributed by atoms with Crippen molar-refractivity contribution in [1.29, 1.82) is 5.26 Å². The lowest BCUT2D eigenvalue weighted by Gasteiger charge is -2.27. The molecular weight excluding hydrogens is 396 g/mol. The van der Waals surface area contributed by atoms with Crippen LogP contribution in [-0.2, 0) is 4.74 Å². The Morgan fingerprint density at radius 1 is 1.26 bits per heavy atom. The summed E-state index contributed by atoms with van der Waals surface area (Å²) in [7, 11) is 0. The van der Waals surface area contributed by atoms with Crippen LogP contribution >= 0.6 is 0 Å². The summed E-state index contributed by atoms with van der Waals surface area (Å²) in [5.41, 5.74) is 6.11. The van der Waals surface area contributed by atoms with Crippen LogP contribution in [0.3, 0.4) is 0 Å². The van der Waals surface area contributed by atoms with Crippen LogP contribution in [0, 0.1) is 25.2 Å². The fourth-order valence-corrected chi connectivity index (χ4v) is 3.54. The molecule has 1 N–H and O–H groups in total. The molecule has 1 aliphatic rings. The van der Waals surface area contributed by atoms with Gasteiger partial charge in [0.25, 0.3) is 5.91 Å². The number of aromatic nitrogens is 3. The Morgan fingerprint density at radius 3 is 2.81 bits per heavy atom. The minimum Gasteiger partial charge on any atom is -0.476 e. The number of nitriles is 1. The molecule has 1 aromatic carbocycles. The third-order valence-corrected chi connectivity index (χ3v) is 5.32. The van der Waals surface area contributed by atoms with Crippen molar-refractivity contribution in [3.63, 3.8) is 0 Å². The second-order valence-corrected chi connectivity index (χ2v) is 7.25. The van der Waals surface area contributed by atoms with Crippen molar-refractivity contribution in [1.82, 2.24) is 14.6 Å². The lowest BCUT2D eigenvalue weighted by molar-refractivity contribution is 0.100. The number of benzene rings is 1. The summed E-state index contributed by atoms with van der Waals surface area (Å²) in [6.45, 7) is 6.58. The smallest absolute Gasteiger partial charge is 0.289 e. The van der Waals surface area contributed by atoms with Gasteiger partial charge in [-0.15, -0.1) is 0 Å². The van der Waals surface area contributed by atoms with E-state index in [1.807, 2.05) is 49.1 Å². The summed E-state index contributed by atoms with van der Waals surface area (Å²) in [5, 5.41) is 9.85. The lowest BCUT2D eigenvalue weighted by atomic mass is 10.2. The minimum atomic E-state index is -0.370. The topological polar surface area (TPSA) is 105 Å². The van der Waals surface area contributed by atoms with Gasteiger partial charge in [-0.2, -0.15) is 10.2 Å². The number of carbonyl (C=O) groups is 1. The van der Waals surface area contributed by atoms with Crippen molar-refractivity contribution in [2.45, 2.75) is 20.3 Å². The van der Waals surface area contributed by atoms with Gasteiger partial charge < -0.3 is 14.4 Å². The molecule has 3 heterocycles. The molecule has 0 saturated carbocycles. The molecule has 31 heavy (non-hydrogen) atoms. The Morgan fingerprint density at radius 2 is 2.03 bits per heavy atom. The highest BCUT2D eigenvalue weighted by molar-refractivity contribution is 6.00. The van der Waals surface area contributed by atoms with Crippen LogP contribution in [0.4, 0.5) is 5.95 Å². The molecule has 0 atom stereocenters. The number of ether oxygens (including phenoxy) is 2. The van der Waals surface area contributed by atoms with E-state index in [1.54, 1.807) is 4.68 Å². The minimum absolute atomic E-state index is 0.192. The molecule has 1 fully saturated rings. The number of morpholine rings is 1. The Bertz CT molecular complexity index is 1140. The van der Waals surface area contributed by atoms with Gasteiger partial charge in [0, 0.05) is 30.2 Å². The number of para-hydroxylation sites is 1. The zero-order chi connectivity index (χ0) is 21.8. The van der Waals surface area contributed by atoms with E-state index in [4.69, 9.17) is 14.7 Å². The molecule has 0 radical (unpaired) electrons. The first-order chi connectivity index (χ1) is 15.1. The van der Waals surface area contributed by atoms with Crippen molar-refractivity contribution in [2.75, 3.05) is 43.2 Å². The van der Waals surface area contributed by atoms with Gasteiger partial charge in [-0.3, -0.25) is 14.9 Å². The summed E-state index contributed by atoms with van der Waals surface area (Å²) in [6.07, 6.45) is 0.228.